The minimum atomic E-state index is -1.45. The van der Waals surface area contributed by atoms with Crippen LogP contribution in [0.15, 0.2) is 36.5 Å². The molecule has 1 saturated heterocycles. The molecule has 0 spiro atoms. The Hall–Kier alpha value is -3.00. The quantitative estimate of drug-likeness (QED) is 0.495. The summed E-state index contributed by atoms with van der Waals surface area (Å²) in [5.74, 6) is 0.124. The maximum atomic E-state index is 13.5. The first-order valence-electron chi connectivity index (χ1n) is 12.8. The topological polar surface area (TPSA) is 104 Å². The first-order valence-corrected chi connectivity index (χ1v) is 12.8. The Bertz CT molecular complexity index is 1240. The van der Waals surface area contributed by atoms with E-state index in [2.05, 4.69) is 42.9 Å². The van der Waals surface area contributed by atoms with Gasteiger partial charge >= 0.3 is 5.97 Å². The summed E-state index contributed by atoms with van der Waals surface area (Å²) < 4.78 is 13.3. The van der Waals surface area contributed by atoms with Crippen LogP contribution < -0.4 is 4.74 Å². The first kappa shape index (κ1) is 24.7. The molecule has 1 aromatic carbocycles. The second kappa shape index (κ2) is 8.54. The number of benzene rings is 1. The molecule has 1 N–H and O–H groups in total. The molecule has 192 valence electrons. The van der Waals surface area contributed by atoms with Crippen molar-refractivity contribution in [1.82, 2.24) is 15.0 Å². The Kier molecular flexibility index (Phi) is 5.86. The molecule has 2 aromatic rings. The van der Waals surface area contributed by atoms with E-state index >= 15 is 0 Å². The van der Waals surface area contributed by atoms with Gasteiger partial charge in [0.25, 0.3) is 0 Å². The molecule has 2 saturated carbocycles. The van der Waals surface area contributed by atoms with Gasteiger partial charge in [-0.1, -0.05) is 44.7 Å². The number of Topliss-reactive ketones (excluding diaryl/α,β-unsaturated/α-hetero) is 1. The molecule has 3 fully saturated rings. The van der Waals surface area contributed by atoms with Gasteiger partial charge in [0, 0.05) is 17.9 Å². The van der Waals surface area contributed by atoms with Crippen molar-refractivity contribution in [3.05, 3.63) is 53.4 Å². The number of ether oxygens (including phenoxy) is 2. The third-order valence-corrected chi connectivity index (χ3v) is 8.96. The second-order valence-electron chi connectivity index (χ2n) is 11.3. The van der Waals surface area contributed by atoms with Gasteiger partial charge in [-0.15, -0.1) is 5.10 Å². The van der Waals surface area contributed by atoms with Crippen molar-refractivity contribution in [2.45, 2.75) is 84.2 Å². The zero-order chi connectivity index (χ0) is 26.0. The van der Waals surface area contributed by atoms with Gasteiger partial charge in [-0.3, -0.25) is 4.79 Å². The largest absolute Gasteiger partial charge is 0.487 e. The van der Waals surface area contributed by atoms with Crippen molar-refractivity contribution in [2.24, 2.45) is 17.3 Å². The summed E-state index contributed by atoms with van der Waals surface area (Å²) >= 11 is 0. The summed E-state index contributed by atoms with van der Waals surface area (Å²) in [7, 11) is 0. The monoisotopic (exact) mass is 493 g/mol. The van der Waals surface area contributed by atoms with Crippen LogP contribution in [0.3, 0.4) is 0 Å². The number of carbonyl (C=O) groups is 2. The molecule has 2 aliphatic carbocycles. The van der Waals surface area contributed by atoms with E-state index in [1.54, 1.807) is 17.8 Å². The lowest BCUT2D eigenvalue weighted by molar-refractivity contribution is -0.178. The van der Waals surface area contributed by atoms with E-state index in [-0.39, 0.29) is 30.6 Å². The molecule has 36 heavy (non-hydrogen) atoms. The molecule has 0 radical (unpaired) electrons. The fourth-order valence-corrected chi connectivity index (χ4v) is 6.61. The molecule has 3 aliphatic rings. The van der Waals surface area contributed by atoms with Gasteiger partial charge in [-0.2, -0.15) is 0 Å². The van der Waals surface area contributed by atoms with Crippen molar-refractivity contribution >= 4 is 11.8 Å². The number of nitrogens with zero attached hydrogens (tertiary/aromatic N) is 3. The third kappa shape index (κ3) is 3.44. The number of aliphatic hydroxyl groups is 1. The number of rotatable bonds is 5. The van der Waals surface area contributed by atoms with Gasteiger partial charge in [-0.25, -0.2) is 9.48 Å². The molecule has 1 aromatic heterocycles. The minimum Gasteiger partial charge on any atom is -0.487 e. The fraction of sp³-hybridized carbons (Fsp3) is 0.571. The summed E-state index contributed by atoms with van der Waals surface area (Å²) in [5, 5.41) is 20.9. The molecule has 8 nitrogen and oxygen atoms in total. The van der Waals surface area contributed by atoms with E-state index in [0.29, 0.717) is 30.0 Å². The Morgan fingerprint density at radius 3 is 2.75 bits per heavy atom. The SMILES string of the molecule is C=C1C(=O)O[C@@H]2[C@H]1CC[C@H](C)[C@]1(O)[C@@H](n3cc(COc4ccc(C(C)C)cc4C)nn3)CC(=O)[C@@]21C. The van der Waals surface area contributed by atoms with E-state index in [9.17, 15) is 14.7 Å². The van der Waals surface area contributed by atoms with Crippen LogP contribution in [0.25, 0.3) is 0 Å². The smallest absolute Gasteiger partial charge is 0.334 e. The third-order valence-electron chi connectivity index (χ3n) is 8.96. The Balaban J connectivity index is 1.40. The summed E-state index contributed by atoms with van der Waals surface area (Å²) in [6.07, 6.45) is 2.38. The number of aromatic nitrogens is 3. The van der Waals surface area contributed by atoms with Crippen LogP contribution in [0.2, 0.25) is 0 Å². The average molecular weight is 494 g/mol. The highest BCUT2D eigenvalue weighted by Gasteiger charge is 2.72. The Labute approximate surface area is 211 Å². The maximum Gasteiger partial charge on any atom is 0.334 e. The first-order chi connectivity index (χ1) is 17.0. The lowest BCUT2D eigenvalue weighted by atomic mass is 9.64. The van der Waals surface area contributed by atoms with E-state index in [1.807, 2.05) is 19.9 Å². The highest BCUT2D eigenvalue weighted by Crippen LogP contribution is 2.61. The van der Waals surface area contributed by atoms with Crippen molar-refractivity contribution in [1.29, 1.82) is 0 Å². The lowest BCUT2D eigenvalue weighted by Crippen LogP contribution is -2.59. The van der Waals surface area contributed by atoms with E-state index in [4.69, 9.17) is 9.47 Å². The summed E-state index contributed by atoms with van der Waals surface area (Å²) in [6, 6.07) is 5.54. The van der Waals surface area contributed by atoms with Gasteiger partial charge in [0.15, 0.2) is 0 Å². The Morgan fingerprint density at radius 1 is 1.31 bits per heavy atom. The van der Waals surface area contributed by atoms with Gasteiger partial charge in [-0.05, 0) is 55.7 Å². The van der Waals surface area contributed by atoms with E-state index < -0.39 is 29.1 Å². The number of aryl methyl sites for hydroxylation is 1. The zero-order valence-corrected chi connectivity index (χ0v) is 21.7. The average Bonchev–Trinajstić information content (AvgIpc) is 3.46. The van der Waals surface area contributed by atoms with Crippen LogP contribution in [-0.4, -0.2) is 43.6 Å². The molecule has 8 heteroatoms. The molecular weight excluding hydrogens is 458 g/mol. The predicted octanol–water partition coefficient (Wildman–Crippen LogP) is 4.07. The van der Waals surface area contributed by atoms with Crippen molar-refractivity contribution in [2.75, 3.05) is 0 Å². The molecule has 1 aliphatic heterocycles. The van der Waals surface area contributed by atoms with E-state index in [0.717, 1.165) is 11.3 Å². The number of hydrogen-bond acceptors (Lipinski definition) is 7. The van der Waals surface area contributed by atoms with Crippen molar-refractivity contribution in [3.63, 3.8) is 0 Å². The highest BCUT2D eigenvalue weighted by molar-refractivity contribution is 5.95. The number of ketones is 1. The molecule has 0 bridgehead atoms. The van der Waals surface area contributed by atoms with Crippen LogP contribution in [0, 0.1) is 24.2 Å². The summed E-state index contributed by atoms with van der Waals surface area (Å²) in [5.41, 5.74) is 0.589. The highest BCUT2D eigenvalue weighted by atomic mass is 16.6. The van der Waals surface area contributed by atoms with Gasteiger partial charge in [0.1, 0.15) is 35.5 Å². The van der Waals surface area contributed by atoms with Crippen molar-refractivity contribution in [3.8, 4) is 5.75 Å². The second-order valence-corrected chi connectivity index (χ2v) is 11.3. The van der Waals surface area contributed by atoms with Crippen LogP contribution in [0.1, 0.15) is 75.7 Å². The van der Waals surface area contributed by atoms with Gasteiger partial charge < -0.3 is 14.6 Å². The van der Waals surface area contributed by atoms with Gasteiger partial charge in [0.05, 0.1) is 17.7 Å². The van der Waals surface area contributed by atoms with Crippen LogP contribution in [-0.2, 0) is 20.9 Å². The number of hydrogen-bond donors (Lipinski definition) is 1. The molecule has 0 amide bonds. The molecule has 6 atom stereocenters. The number of esters is 1. The summed E-state index contributed by atoms with van der Waals surface area (Å²) in [6.45, 7) is 14.2. The Morgan fingerprint density at radius 2 is 2.06 bits per heavy atom. The number of fused-ring (bicyclic) bond motifs is 3. The van der Waals surface area contributed by atoms with Gasteiger partial charge in [0.2, 0.25) is 0 Å². The minimum absolute atomic E-state index is 0.0873. The lowest BCUT2D eigenvalue weighted by Gasteiger charge is -2.46. The summed E-state index contributed by atoms with van der Waals surface area (Å²) in [4.78, 5) is 25.9. The number of carbonyl (C=O) groups excluding carboxylic acids is 2. The zero-order valence-electron chi connectivity index (χ0n) is 21.7. The van der Waals surface area contributed by atoms with Crippen LogP contribution >= 0.6 is 0 Å². The molecule has 0 unspecified atom stereocenters. The van der Waals surface area contributed by atoms with Crippen LogP contribution in [0.5, 0.6) is 5.75 Å². The normalized spacial score (nSPS) is 33.9. The van der Waals surface area contributed by atoms with Crippen molar-refractivity contribution < 1.29 is 24.2 Å². The predicted molar refractivity (Wildman–Crippen MR) is 132 cm³/mol. The standard InChI is InChI=1S/C28H35N3O5/c1-15(2)19-8-10-22(16(3)11-19)35-14-20-13-31(30-29-20)23-12-24(32)27(6)25-21(18(5)26(33)36-25)9-7-17(4)28(23,27)34/h8,10-11,13,15,17,21,23,25,34H,5,7,9,12,14H2,1-4,6H3/t17-,21-,23-,25+,27-,28-/m0/s1. The molecule has 5 rings (SSSR count). The maximum absolute atomic E-state index is 13.5. The molecular formula is C28H35N3O5. The van der Waals surface area contributed by atoms with E-state index in [1.165, 1.54) is 5.56 Å². The van der Waals surface area contributed by atoms with Crippen LogP contribution in [0.4, 0.5) is 0 Å². The molecule has 2 heterocycles. The fourth-order valence-electron chi connectivity index (χ4n) is 6.61.